The van der Waals surface area contributed by atoms with Crippen LogP contribution in [-0.2, 0) is 16.1 Å². The number of hydrogen-bond acceptors (Lipinski definition) is 8. The third kappa shape index (κ3) is 5.59. The zero-order valence-electron chi connectivity index (χ0n) is 23.1. The fraction of sp³-hybridized carbons (Fsp3) is 0.188. The molecule has 8 nitrogen and oxygen atoms in total. The Morgan fingerprint density at radius 2 is 1.90 bits per heavy atom. The van der Waals surface area contributed by atoms with Gasteiger partial charge in [0.15, 0.2) is 16.3 Å². The molecule has 10 heteroatoms. The van der Waals surface area contributed by atoms with E-state index >= 15 is 0 Å². The molecule has 0 aliphatic carbocycles. The molecule has 0 fully saturated rings. The van der Waals surface area contributed by atoms with Crippen LogP contribution in [0.5, 0.6) is 11.5 Å². The first-order chi connectivity index (χ1) is 20.4. The maximum atomic E-state index is 14.0. The molecule has 0 radical (unpaired) electrons. The lowest BCUT2D eigenvalue weighted by atomic mass is 9.96. The molecule has 212 valence electrons. The van der Waals surface area contributed by atoms with E-state index in [9.17, 15) is 9.59 Å². The van der Waals surface area contributed by atoms with E-state index < -0.39 is 12.0 Å². The van der Waals surface area contributed by atoms with E-state index in [-0.39, 0.29) is 24.3 Å². The number of aromatic nitrogens is 1. The summed E-state index contributed by atoms with van der Waals surface area (Å²) in [7, 11) is 1.55. The van der Waals surface area contributed by atoms with Crippen LogP contribution in [0.15, 0.2) is 87.8 Å². The molecule has 5 rings (SSSR count). The Morgan fingerprint density at radius 3 is 2.60 bits per heavy atom. The van der Waals surface area contributed by atoms with Gasteiger partial charge >= 0.3 is 5.97 Å². The van der Waals surface area contributed by atoms with Gasteiger partial charge in [0, 0.05) is 10.6 Å². The average molecular weight is 600 g/mol. The number of ether oxygens (including phenoxy) is 3. The van der Waals surface area contributed by atoms with E-state index in [4.69, 9.17) is 31.1 Å². The van der Waals surface area contributed by atoms with Gasteiger partial charge in [0.05, 0.1) is 41.2 Å². The summed E-state index contributed by atoms with van der Waals surface area (Å²) >= 11 is 7.80. The number of methoxy groups -OCH3 is 1. The molecule has 0 spiro atoms. The number of para-hydroxylation sites is 1. The molecule has 0 N–H and O–H groups in total. The number of nitrogens with zero attached hydrogens (tertiary/aromatic N) is 3. The highest BCUT2D eigenvalue weighted by Gasteiger charge is 2.34. The topological polar surface area (TPSA) is 103 Å². The van der Waals surface area contributed by atoms with Crippen molar-refractivity contribution in [1.82, 2.24) is 4.57 Å². The summed E-state index contributed by atoms with van der Waals surface area (Å²) in [6.45, 7) is 3.85. The molecule has 0 unspecified atom stereocenters. The molecular formula is C32H26ClN3O5S. The Kier molecular flexibility index (Phi) is 8.57. The minimum Gasteiger partial charge on any atom is -0.493 e. The smallest absolute Gasteiger partial charge is 0.338 e. The Morgan fingerprint density at radius 1 is 1.14 bits per heavy atom. The number of rotatable bonds is 8. The van der Waals surface area contributed by atoms with Gasteiger partial charge in [-0.15, -0.1) is 0 Å². The number of thiazole rings is 1. The van der Waals surface area contributed by atoms with Crippen molar-refractivity contribution in [2.24, 2.45) is 4.99 Å². The summed E-state index contributed by atoms with van der Waals surface area (Å²) in [5.74, 6) is 0.407. The summed E-state index contributed by atoms with van der Waals surface area (Å²) in [5, 5.41) is 9.49. The highest BCUT2D eigenvalue weighted by atomic mass is 35.5. The second-order valence-electron chi connectivity index (χ2n) is 9.30. The van der Waals surface area contributed by atoms with Crippen LogP contribution < -0.4 is 24.4 Å². The molecule has 0 amide bonds. The molecule has 0 saturated carbocycles. The zero-order chi connectivity index (χ0) is 29.8. The van der Waals surface area contributed by atoms with E-state index in [1.54, 1.807) is 63.4 Å². The van der Waals surface area contributed by atoms with Crippen molar-refractivity contribution >= 4 is 35.0 Å². The van der Waals surface area contributed by atoms with Crippen LogP contribution >= 0.6 is 22.9 Å². The van der Waals surface area contributed by atoms with Crippen molar-refractivity contribution in [3.8, 4) is 17.6 Å². The summed E-state index contributed by atoms with van der Waals surface area (Å²) < 4.78 is 19.0. The number of nitriles is 1. The van der Waals surface area contributed by atoms with Crippen LogP contribution in [0.3, 0.4) is 0 Å². The molecule has 1 aliphatic heterocycles. The van der Waals surface area contributed by atoms with Crippen LogP contribution in [-0.4, -0.2) is 24.3 Å². The average Bonchev–Trinajstić information content (AvgIpc) is 3.30. The fourth-order valence-electron chi connectivity index (χ4n) is 4.72. The minimum atomic E-state index is -0.812. The second-order valence-corrected chi connectivity index (χ2v) is 10.7. The highest BCUT2D eigenvalue weighted by molar-refractivity contribution is 7.07. The van der Waals surface area contributed by atoms with E-state index in [1.807, 2.05) is 30.3 Å². The van der Waals surface area contributed by atoms with Crippen LogP contribution in [0, 0.1) is 11.3 Å². The first-order valence-electron chi connectivity index (χ1n) is 13.1. The maximum Gasteiger partial charge on any atom is 0.338 e. The van der Waals surface area contributed by atoms with Gasteiger partial charge in [0.25, 0.3) is 5.56 Å². The van der Waals surface area contributed by atoms with Crippen LogP contribution in [0.25, 0.3) is 6.08 Å². The summed E-state index contributed by atoms with van der Waals surface area (Å²) in [6.07, 6.45) is 1.73. The largest absolute Gasteiger partial charge is 0.493 e. The molecule has 3 aromatic carbocycles. The number of benzene rings is 3. The molecule has 1 aliphatic rings. The van der Waals surface area contributed by atoms with E-state index in [2.05, 4.69) is 11.1 Å². The molecule has 0 saturated heterocycles. The lowest BCUT2D eigenvalue weighted by molar-refractivity contribution is -0.139. The lowest BCUT2D eigenvalue weighted by Crippen LogP contribution is -2.40. The summed E-state index contributed by atoms with van der Waals surface area (Å²) in [5.41, 5.74) is 3.03. The minimum absolute atomic E-state index is 0.177. The molecule has 42 heavy (non-hydrogen) atoms. The van der Waals surface area contributed by atoms with Gasteiger partial charge in [-0.1, -0.05) is 65.4 Å². The van der Waals surface area contributed by atoms with Crippen molar-refractivity contribution < 1.29 is 19.0 Å². The molecule has 0 bridgehead atoms. The number of fused-ring (bicyclic) bond motifs is 1. The quantitative estimate of drug-likeness (QED) is 0.267. The highest BCUT2D eigenvalue weighted by Crippen LogP contribution is 2.35. The van der Waals surface area contributed by atoms with Crippen molar-refractivity contribution in [2.75, 3.05) is 13.7 Å². The number of carbonyl (C=O) groups is 1. The zero-order valence-corrected chi connectivity index (χ0v) is 24.7. The molecule has 1 atom stereocenters. The van der Waals surface area contributed by atoms with Crippen LogP contribution in [0.4, 0.5) is 0 Å². The Bertz CT molecular complexity index is 1920. The number of carbonyl (C=O) groups excluding carboxylic acids is 1. The van der Waals surface area contributed by atoms with Crippen molar-refractivity contribution in [1.29, 1.82) is 5.26 Å². The Balaban J connectivity index is 1.63. The Labute approximate surface area is 251 Å². The first-order valence-corrected chi connectivity index (χ1v) is 14.3. The van der Waals surface area contributed by atoms with Gasteiger partial charge < -0.3 is 14.2 Å². The predicted octanol–water partition coefficient (Wildman–Crippen LogP) is 4.91. The maximum absolute atomic E-state index is 14.0. The van der Waals surface area contributed by atoms with Crippen molar-refractivity contribution in [2.45, 2.75) is 26.5 Å². The molecule has 2 heterocycles. The van der Waals surface area contributed by atoms with Crippen molar-refractivity contribution in [3.05, 3.63) is 125 Å². The third-order valence-corrected chi connectivity index (χ3v) is 8.03. The van der Waals surface area contributed by atoms with Gasteiger partial charge in [0.2, 0.25) is 0 Å². The molecular weight excluding hydrogens is 574 g/mol. The van der Waals surface area contributed by atoms with Gasteiger partial charge in [-0.2, -0.15) is 5.26 Å². The van der Waals surface area contributed by atoms with Gasteiger partial charge in [-0.05, 0) is 55.3 Å². The fourth-order valence-corrected chi connectivity index (χ4v) is 5.99. The number of esters is 1. The van der Waals surface area contributed by atoms with Crippen molar-refractivity contribution in [3.63, 3.8) is 0 Å². The summed E-state index contributed by atoms with van der Waals surface area (Å²) in [6, 6.07) is 20.9. The third-order valence-electron chi connectivity index (χ3n) is 6.70. The molecule has 4 aromatic rings. The molecule has 1 aromatic heterocycles. The van der Waals surface area contributed by atoms with E-state index in [1.165, 1.54) is 15.9 Å². The van der Waals surface area contributed by atoms with Crippen LogP contribution in [0.2, 0.25) is 5.02 Å². The van der Waals surface area contributed by atoms with Crippen LogP contribution in [0.1, 0.15) is 42.1 Å². The number of halogens is 1. The SMILES string of the molecule is CCOC(=O)C1=C(C)N=c2s/c(=C\c3cccc(OC)c3OCc3ccc(C#N)cc3)c(=O)n2[C@H]1c1ccccc1Cl. The van der Waals surface area contributed by atoms with Gasteiger partial charge in [-0.25, -0.2) is 9.79 Å². The standard InChI is InChI=1S/C32H26ClN3O5S/c1-4-40-31(38)27-19(2)35-32-36(28(27)23-9-5-6-10-24(23)33)30(37)26(42-32)16-22-8-7-11-25(39-3)29(22)41-18-21-14-12-20(17-34)13-15-21/h5-16,28H,4,18H2,1-3H3/b26-16-/t28-/m0/s1. The van der Waals surface area contributed by atoms with Gasteiger partial charge in [0.1, 0.15) is 12.6 Å². The summed E-state index contributed by atoms with van der Waals surface area (Å²) in [4.78, 5) is 32.2. The number of hydrogen-bond donors (Lipinski definition) is 0. The predicted molar refractivity (Wildman–Crippen MR) is 160 cm³/mol. The Hall–Kier alpha value is -4.65. The monoisotopic (exact) mass is 599 g/mol. The first kappa shape index (κ1) is 28.9. The number of allylic oxidation sites excluding steroid dienone is 1. The van der Waals surface area contributed by atoms with E-state index in [0.717, 1.165) is 5.56 Å². The second kappa shape index (κ2) is 12.5. The normalized spacial score (nSPS) is 14.5. The lowest BCUT2D eigenvalue weighted by Gasteiger charge is -2.25. The van der Waals surface area contributed by atoms with Gasteiger partial charge in [-0.3, -0.25) is 9.36 Å². The van der Waals surface area contributed by atoms with E-state index in [0.29, 0.717) is 48.2 Å².